The Morgan fingerprint density at radius 2 is 1.61 bits per heavy atom. The molecule has 23 heavy (non-hydrogen) atoms. The number of hydrogen-bond acceptors (Lipinski definition) is 6. The first kappa shape index (κ1) is 17.8. The van der Waals surface area contributed by atoms with Crippen molar-refractivity contribution in [1.82, 2.24) is 0 Å². The van der Waals surface area contributed by atoms with Crippen molar-refractivity contribution >= 4 is 12.1 Å². The van der Waals surface area contributed by atoms with E-state index in [1.54, 1.807) is 0 Å². The zero-order valence-corrected chi connectivity index (χ0v) is 13.6. The van der Waals surface area contributed by atoms with Crippen molar-refractivity contribution < 1.29 is 28.9 Å². The Labute approximate surface area is 136 Å². The summed E-state index contributed by atoms with van der Waals surface area (Å²) in [6.07, 6.45) is 7.15. The molecule has 2 rings (SSSR count). The number of aliphatic hydroxyl groups is 1. The van der Waals surface area contributed by atoms with E-state index in [2.05, 4.69) is 0 Å². The van der Waals surface area contributed by atoms with E-state index in [0.29, 0.717) is 6.42 Å². The fourth-order valence-corrected chi connectivity index (χ4v) is 2.96. The maximum Gasteiger partial charge on any atom is 0.509 e. The molecule has 0 aromatic heterocycles. The normalized spacial score (nSPS) is 35.6. The summed E-state index contributed by atoms with van der Waals surface area (Å²) in [5, 5.41) is 10.2. The predicted molar refractivity (Wildman–Crippen MR) is 82.8 cm³/mol. The molecule has 0 aliphatic carbocycles. The molecule has 2 aliphatic heterocycles. The zero-order valence-electron chi connectivity index (χ0n) is 13.6. The third-order valence-electron chi connectivity index (χ3n) is 4.27. The molecule has 0 aromatic carbocycles. The van der Waals surface area contributed by atoms with E-state index in [1.807, 2.05) is 6.92 Å². The van der Waals surface area contributed by atoms with Crippen LogP contribution in [0.3, 0.4) is 0 Å². The Bertz CT molecular complexity index is 433. The number of fused-ring (bicyclic) bond motifs is 1. The quantitative estimate of drug-likeness (QED) is 0.689. The van der Waals surface area contributed by atoms with E-state index < -0.39 is 30.4 Å². The average molecular weight is 326 g/mol. The van der Waals surface area contributed by atoms with Crippen LogP contribution in [0.2, 0.25) is 0 Å². The summed E-state index contributed by atoms with van der Waals surface area (Å²) >= 11 is 0. The average Bonchev–Trinajstić information content (AvgIpc) is 2.88. The maximum absolute atomic E-state index is 11.8. The van der Waals surface area contributed by atoms with Crippen LogP contribution in [-0.4, -0.2) is 41.6 Å². The minimum absolute atomic E-state index is 0.135. The molecule has 4 atom stereocenters. The summed E-state index contributed by atoms with van der Waals surface area (Å²) in [7, 11) is 0. The van der Waals surface area contributed by atoms with Gasteiger partial charge in [0.1, 0.15) is 0 Å². The number of carbonyl (C=O) groups excluding carboxylic acids is 2. The van der Waals surface area contributed by atoms with E-state index in [0.717, 1.165) is 44.9 Å². The molecule has 0 aromatic rings. The molecule has 0 radical (unpaired) electrons. The summed E-state index contributed by atoms with van der Waals surface area (Å²) in [4.78, 5) is 23.1. The monoisotopic (exact) mass is 326 g/mol. The van der Waals surface area contributed by atoms with Crippen LogP contribution in [0.5, 0.6) is 0 Å². The van der Waals surface area contributed by atoms with Gasteiger partial charge in [0, 0.05) is 6.08 Å². The molecule has 6 nitrogen and oxygen atoms in total. The minimum atomic E-state index is -0.816. The number of hydrogen-bond donors (Lipinski definition) is 1. The van der Waals surface area contributed by atoms with Crippen LogP contribution in [0.1, 0.15) is 58.3 Å². The molecule has 1 fully saturated rings. The van der Waals surface area contributed by atoms with Crippen molar-refractivity contribution in [2.24, 2.45) is 0 Å². The molecule has 1 N–H and O–H groups in total. The molecule has 1 saturated heterocycles. The molecule has 2 aliphatic rings. The molecule has 0 bridgehead atoms. The van der Waals surface area contributed by atoms with Gasteiger partial charge in [-0.05, 0) is 32.3 Å². The van der Waals surface area contributed by atoms with Gasteiger partial charge in [0.05, 0.1) is 12.2 Å². The topological polar surface area (TPSA) is 82.1 Å². The van der Waals surface area contributed by atoms with E-state index in [9.17, 15) is 14.7 Å². The summed E-state index contributed by atoms with van der Waals surface area (Å²) in [6, 6.07) is 0. The van der Waals surface area contributed by atoms with Gasteiger partial charge in [-0.3, -0.25) is 0 Å². The first-order valence-corrected chi connectivity index (χ1v) is 8.50. The van der Waals surface area contributed by atoms with Gasteiger partial charge in [0.25, 0.3) is 0 Å². The van der Waals surface area contributed by atoms with Gasteiger partial charge in [-0.25, -0.2) is 9.59 Å². The summed E-state index contributed by atoms with van der Waals surface area (Å²) in [5.41, 5.74) is 0. The maximum atomic E-state index is 11.8. The van der Waals surface area contributed by atoms with Crippen molar-refractivity contribution in [3.8, 4) is 0 Å². The number of aliphatic hydroxyl groups excluding tert-OH is 1. The Morgan fingerprint density at radius 1 is 0.957 bits per heavy atom. The van der Waals surface area contributed by atoms with Crippen molar-refractivity contribution in [3.63, 3.8) is 0 Å². The number of rotatable bonds is 0. The smallest absolute Gasteiger partial charge is 0.460 e. The highest BCUT2D eigenvalue weighted by atomic mass is 16.8. The number of carbonyl (C=O) groups is 2. The van der Waals surface area contributed by atoms with Crippen molar-refractivity contribution in [1.29, 1.82) is 0 Å². The fourth-order valence-electron chi connectivity index (χ4n) is 2.96. The molecule has 0 amide bonds. The van der Waals surface area contributed by atoms with E-state index >= 15 is 0 Å². The highest BCUT2D eigenvalue weighted by Gasteiger charge is 2.39. The number of ether oxygens (including phenoxy) is 3. The van der Waals surface area contributed by atoms with Crippen molar-refractivity contribution in [2.45, 2.75) is 82.7 Å². The van der Waals surface area contributed by atoms with E-state index in [-0.39, 0.29) is 6.10 Å². The third-order valence-corrected chi connectivity index (χ3v) is 4.27. The van der Waals surface area contributed by atoms with Gasteiger partial charge >= 0.3 is 12.1 Å². The van der Waals surface area contributed by atoms with Crippen LogP contribution < -0.4 is 0 Å². The summed E-state index contributed by atoms with van der Waals surface area (Å²) in [6.45, 7) is 1.88. The van der Waals surface area contributed by atoms with Crippen molar-refractivity contribution in [3.05, 3.63) is 12.2 Å². The van der Waals surface area contributed by atoms with Crippen LogP contribution in [-0.2, 0) is 19.0 Å². The lowest BCUT2D eigenvalue weighted by Gasteiger charge is -2.19. The Balaban J connectivity index is 2.01. The van der Waals surface area contributed by atoms with Crippen LogP contribution in [0.4, 0.5) is 4.79 Å². The van der Waals surface area contributed by atoms with Crippen LogP contribution in [0.15, 0.2) is 12.2 Å². The van der Waals surface area contributed by atoms with E-state index in [4.69, 9.17) is 14.2 Å². The molecule has 130 valence electrons. The highest BCUT2D eigenvalue weighted by Crippen LogP contribution is 2.23. The van der Waals surface area contributed by atoms with Gasteiger partial charge < -0.3 is 19.3 Å². The lowest BCUT2D eigenvalue weighted by atomic mass is 10.00. The predicted octanol–water partition coefficient (Wildman–Crippen LogP) is 2.87. The number of esters is 1. The molecule has 6 heteroatoms. The Hall–Kier alpha value is -1.56. The molecule has 2 heterocycles. The Kier molecular flexibility index (Phi) is 6.89. The standard InChI is InChI=1S/C17H26O6/c1-12-8-6-4-2-3-5-7-9-13(18)16-14(22-17(20)23-16)10-11-15(19)21-12/h10-14,16,18H,2-9H2,1H3/b11-10+/t12-,13+,14+,16+/m1/s1. The number of cyclic esters (lactones) is 1. The lowest BCUT2D eigenvalue weighted by Crippen LogP contribution is -2.34. The molecule has 0 unspecified atom stereocenters. The fraction of sp³-hybridized carbons (Fsp3) is 0.765. The van der Waals surface area contributed by atoms with E-state index in [1.165, 1.54) is 12.2 Å². The van der Waals surface area contributed by atoms with Crippen molar-refractivity contribution in [2.75, 3.05) is 0 Å². The zero-order chi connectivity index (χ0) is 16.7. The van der Waals surface area contributed by atoms with Gasteiger partial charge in [-0.1, -0.05) is 32.1 Å². The summed E-state index contributed by atoms with van der Waals surface area (Å²) in [5.74, 6) is -0.471. The summed E-state index contributed by atoms with van der Waals surface area (Å²) < 4.78 is 15.3. The van der Waals surface area contributed by atoms with Crippen LogP contribution >= 0.6 is 0 Å². The largest absolute Gasteiger partial charge is 0.509 e. The molecule has 0 saturated carbocycles. The van der Waals surface area contributed by atoms with Gasteiger partial charge in [0.2, 0.25) is 0 Å². The van der Waals surface area contributed by atoms with Gasteiger partial charge in [-0.2, -0.15) is 0 Å². The lowest BCUT2D eigenvalue weighted by molar-refractivity contribution is -0.142. The van der Waals surface area contributed by atoms with Crippen LogP contribution in [0, 0.1) is 0 Å². The van der Waals surface area contributed by atoms with Gasteiger partial charge in [0.15, 0.2) is 12.2 Å². The van der Waals surface area contributed by atoms with Gasteiger partial charge in [-0.15, -0.1) is 0 Å². The minimum Gasteiger partial charge on any atom is -0.460 e. The first-order valence-electron chi connectivity index (χ1n) is 8.50. The molecular formula is C17H26O6. The van der Waals surface area contributed by atoms with Crippen LogP contribution in [0.25, 0.3) is 0 Å². The molecule has 0 spiro atoms. The second kappa shape index (κ2) is 8.91. The SMILES string of the molecule is C[C@@H]1CCCCCCCC[C@H](O)[C@@H]2OC(=O)O[C@H]2/C=C/C(=O)O1. The highest BCUT2D eigenvalue weighted by molar-refractivity contribution is 5.82. The first-order chi connectivity index (χ1) is 11.1. The second-order valence-electron chi connectivity index (χ2n) is 6.29. The second-order valence-corrected chi connectivity index (χ2v) is 6.29. The molecular weight excluding hydrogens is 300 g/mol. The third kappa shape index (κ3) is 5.86. The Morgan fingerprint density at radius 3 is 2.35 bits per heavy atom.